The molecule has 0 aromatic heterocycles. The van der Waals surface area contributed by atoms with Crippen LogP contribution < -0.4 is 0 Å². The van der Waals surface area contributed by atoms with Crippen molar-refractivity contribution in [1.82, 2.24) is 0 Å². The van der Waals surface area contributed by atoms with Gasteiger partial charge < -0.3 is 29.9 Å². The Morgan fingerprint density at radius 1 is 1.31 bits per heavy atom. The first-order valence-corrected chi connectivity index (χ1v) is 3.82. The molecule has 0 saturated carbocycles. The Morgan fingerprint density at radius 2 is 1.92 bits per heavy atom. The average Bonchev–Trinajstić information content (AvgIpc) is 2.20. The molecule has 1 fully saturated rings. The van der Waals surface area contributed by atoms with Crippen LogP contribution in [0.4, 0.5) is 0 Å². The average molecular weight is 195 g/mol. The Balaban J connectivity index is 2.84. The number of hydrogen-bond donors (Lipinski definition) is 4. The standard InChI is InChI=1S/C7H14O6/c1-12-7-6(11)5(10)4(9)3(2-8)13-7/h3-11H,2H2,1H3/t3-,4-,5+,6-,7-/m1/s1/i3D. The predicted octanol–water partition coefficient (Wildman–Crippen LogP) is -2.57. The van der Waals surface area contributed by atoms with Gasteiger partial charge in [-0.25, -0.2) is 0 Å². The summed E-state index contributed by atoms with van der Waals surface area (Å²) in [6.45, 7) is -0.808. The van der Waals surface area contributed by atoms with Gasteiger partial charge in [0.25, 0.3) is 0 Å². The van der Waals surface area contributed by atoms with Gasteiger partial charge in [-0.2, -0.15) is 0 Å². The Hall–Kier alpha value is -0.240. The summed E-state index contributed by atoms with van der Waals surface area (Å²) >= 11 is 0. The summed E-state index contributed by atoms with van der Waals surface area (Å²) in [5.41, 5.74) is 0. The molecule has 78 valence electrons. The van der Waals surface area contributed by atoms with Crippen molar-refractivity contribution in [2.24, 2.45) is 0 Å². The van der Waals surface area contributed by atoms with E-state index in [4.69, 9.17) is 11.2 Å². The van der Waals surface area contributed by atoms with E-state index >= 15 is 0 Å². The van der Waals surface area contributed by atoms with Crippen molar-refractivity contribution < 1.29 is 31.3 Å². The zero-order chi connectivity index (χ0) is 10.9. The predicted molar refractivity (Wildman–Crippen MR) is 40.8 cm³/mol. The van der Waals surface area contributed by atoms with Crippen LogP contribution in [-0.4, -0.2) is 64.8 Å². The lowest BCUT2D eigenvalue weighted by molar-refractivity contribution is -0.294. The highest BCUT2D eigenvalue weighted by molar-refractivity contribution is 4.88. The summed E-state index contributed by atoms with van der Waals surface area (Å²) in [6.07, 6.45) is -8.02. The Labute approximate surface area is 76.7 Å². The summed E-state index contributed by atoms with van der Waals surface area (Å²) in [7, 11) is 1.22. The van der Waals surface area contributed by atoms with Gasteiger partial charge in [-0.3, -0.25) is 0 Å². The van der Waals surface area contributed by atoms with E-state index in [1.807, 2.05) is 0 Å². The summed E-state index contributed by atoms with van der Waals surface area (Å²) in [4.78, 5) is 0. The van der Waals surface area contributed by atoms with Gasteiger partial charge in [-0.05, 0) is 0 Å². The first-order valence-electron chi connectivity index (χ1n) is 4.32. The molecule has 4 N–H and O–H groups in total. The molecule has 6 heteroatoms. The SMILES string of the molecule is [2H][C@]1(CO)O[C@@H](OC)[C@H](O)[C@@H](O)[C@@H]1O. The highest BCUT2D eigenvalue weighted by atomic mass is 16.7. The van der Waals surface area contributed by atoms with Crippen LogP contribution in [0, 0.1) is 0 Å². The number of hydrogen-bond acceptors (Lipinski definition) is 6. The smallest absolute Gasteiger partial charge is 0.186 e. The van der Waals surface area contributed by atoms with Gasteiger partial charge >= 0.3 is 0 Å². The zero-order valence-electron chi connectivity index (χ0n) is 8.12. The maximum Gasteiger partial charge on any atom is 0.186 e. The largest absolute Gasteiger partial charge is 0.394 e. The van der Waals surface area contributed by atoms with Crippen LogP contribution in [0.15, 0.2) is 0 Å². The Kier molecular flexibility index (Phi) is 3.09. The van der Waals surface area contributed by atoms with Gasteiger partial charge in [0.05, 0.1) is 7.98 Å². The molecule has 0 aromatic carbocycles. The molecule has 0 aliphatic carbocycles. The molecule has 5 atom stereocenters. The molecular weight excluding hydrogens is 180 g/mol. The minimum Gasteiger partial charge on any atom is -0.394 e. The summed E-state index contributed by atoms with van der Waals surface area (Å²) in [6, 6.07) is 0. The first-order chi connectivity index (χ1) is 6.46. The monoisotopic (exact) mass is 195 g/mol. The van der Waals surface area contributed by atoms with Gasteiger partial charge in [-0.1, -0.05) is 0 Å². The highest BCUT2D eigenvalue weighted by Gasteiger charge is 2.43. The minimum absolute atomic E-state index is 0.808. The van der Waals surface area contributed by atoms with Gasteiger partial charge in [0.1, 0.15) is 24.4 Å². The van der Waals surface area contributed by atoms with Crippen LogP contribution in [0.2, 0.25) is 0 Å². The lowest BCUT2D eigenvalue weighted by atomic mass is 9.99. The molecule has 0 unspecified atom stereocenters. The second kappa shape index (κ2) is 4.32. The third-order valence-corrected chi connectivity index (χ3v) is 1.94. The lowest BCUT2D eigenvalue weighted by Gasteiger charge is -2.38. The van der Waals surface area contributed by atoms with E-state index < -0.39 is 37.3 Å². The van der Waals surface area contributed by atoms with Crippen LogP contribution in [0.1, 0.15) is 1.37 Å². The van der Waals surface area contributed by atoms with Crippen LogP contribution in [0.3, 0.4) is 0 Å². The molecule has 1 rings (SSSR count). The quantitative estimate of drug-likeness (QED) is 0.386. The number of rotatable bonds is 2. The number of aliphatic hydroxyl groups excluding tert-OH is 4. The van der Waals surface area contributed by atoms with Crippen LogP contribution >= 0.6 is 0 Å². The molecule has 0 bridgehead atoms. The second-order valence-electron chi connectivity index (χ2n) is 2.77. The fourth-order valence-electron chi connectivity index (χ4n) is 1.15. The van der Waals surface area contributed by atoms with E-state index in [0.717, 1.165) is 0 Å². The summed E-state index contributed by atoms with van der Waals surface area (Å²) < 4.78 is 16.9. The van der Waals surface area contributed by atoms with E-state index in [-0.39, 0.29) is 0 Å². The summed E-state index contributed by atoms with van der Waals surface area (Å²) in [5.74, 6) is 0. The molecule has 13 heavy (non-hydrogen) atoms. The van der Waals surface area contributed by atoms with Crippen molar-refractivity contribution in [2.75, 3.05) is 13.7 Å². The van der Waals surface area contributed by atoms with Crippen molar-refractivity contribution in [3.63, 3.8) is 0 Å². The van der Waals surface area contributed by atoms with Crippen molar-refractivity contribution in [1.29, 1.82) is 0 Å². The summed E-state index contributed by atoms with van der Waals surface area (Å²) in [5, 5.41) is 36.8. The zero-order valence-corrected chi connectivity index (χ0v) is 7.12. The topological polar surface area (TPSA) is 99.4 Å². The first kappa shape index (κ1) is 9.32. The van der Waals surface area contributed by atoms with Gasteiger partial charge in [0, 0.05) is 7.11 Å². The van der Waals surface area contributed by atoms with Crippen molar-refractivity contribution in [3.8, 4) is 0 Å². The van der Waals surface area contributed by atoms with Gasteiger partial charge in [0.2, 0.25) is 0 Å². The molecule has 1 aliphatic heterocycles. The minimum atomic E-state index is -2.07. The second-order valence-corrected chi connectivity index (χ2v) is 2.77. The van der Waals surface area contributed by atoms with E-state index in [1.54, 1.807) is 0 Å². The van der Waals surface area contributed by atoms with Crippen molar-refractivity contribution in [2.45, 2.75) is 30.7 Å². The highest BCUT2D eigenvalue weighted by Crippen LogP contribution is 2.20. The molecule has 0 spiro atoms. The number of ether oxygens (including phenoxy) is 2. The van der Waals surface area contributed by atoms with Crippen molar-refractivity contribution in [3.05, 3.63) is 0 Å². The Bertz CT molecular complexity index is 201. The normalized spacial score (nSPS) is 53.2. The molecule has 0 radical (unpaired) electrons. The van der Waals surface area contributed by atoms with Crippen LogP contribution in [-0.2, 0) is 9.47 Å². The van der Waals surface area contributed by atoms with Crippen LogP contribution in [0.5, 0.6) is 0 Å². The van der Waals surface area contributed by atoms with Crippen LogP contribution in [0.25, 0.3) is 0 Å². The molecule has 6 nitrogen and oxygen atoms in total. The molecule has 0 amide bonds. The van der Waals surface area contributed by atoms with Gasteiger partial charge in [0.15, 0.2) is 6.29 Å². The molecular formula is C7H14O6. The molecule has 1 heterocycles. The maximum absolute atomic E-state index is 9.34. The third-order valence-electron chi connectivity index (χ3n) is 1.94. The molecule has 1 aliphatic rings. The molecule has 1 saturated heterocycles. The molecule has 0 aromatic rings. The fraction of sp³-hybridized carbons (Fsp3) is 1.00. The van der Waals surface area contributed by atoms with E-state index in [0.29, 0.717) is 0 Å². The third kappa shape index (κ3) is 1.98. The lowest BCUT2D eigenvalue weighted by Crippen LogP contribution is -2.58. The van der Waals surface area contributed by atoms with Crippen molar-refractivity contribution >= 4 is 0 Å². The van der Waals surface area contributed by atoms with E-state index in [2.05, 4.69) is 4.74 Å². The number of methoxy groups -OCH3 is 1. The number of aliphatic hydroxyl groups is 4. The van der Waals surface area contributed by atoms with E-state index in [1.165, 1.54) is 7.11 Å². The maximum atomic E-state index is 9.34. The van der Waals surface area contributed by atoms with Gasteiger partial charge in [-0.15, -0.1) is 0 Å². The fourth-order valence-corrected chi connectivity index (χ4v) is 1.15. The Morgan fingerprint density at radius 3 is 2.38 bits per heavy atom. The van der Waals surface area contributed by atoms with E-state index in [9.17, 15) is 15.3 Å².